The molecule has 0 amide bonds. The lowest BCUT2D eigenvalue weighted by Gasteiger charge is -2.02. The van der Waals surface area contributed by atoms with Gasteiger partial charge >= 0.3 is 0 Å². The normalized spacial score (nSPS) is 11.6. The molecule has 0 N–H and O–H groups in total. The van der Waals surface area contributed by atoms with Crippen LogP contribution in [0.5, 0.6) is 0 Å². The van der Waals surface area contributed by atoms with Crippen LogP contribution in [-0.2, 0) is 15.5 Å². The van der Waals surface area contributed by atoms with Crippen molar-refractivity contribution in [3.63, 3.8) is 0 Å². The highest BCUT2D eigenvalue weighted by Crippen LogP contribution is 2.17. The summed E-state index contributed by atoms with van der Waals surface area (Å²) in [5.74, 6) is -0.0460. The first-order chi connectivity index (χ1) is 6.38. The molecular weight excluding hydrogens is 243 g/mol. The smallest absolute Gasteiger partial charge is 0.212 e. The van der Waals surface area contributed by atoms with Crippen LogP contribution in [0.2, 0.25) is 5.02 Å². The van der Waals surface area contributed by atoms with Crippen LogP contribution in [0.15, 0.2) is 18.2 Å². The summed E-state index contributed by atoms with van der Waals surface area (Å²) in [7, 11) is 1.69. The molecule has 1 aromatic carbocycles. The molecule has 2 nitrogen and oxygen atoms in total. The summed E-state index contributed by atoms with van der Waals surface area (Å²) in [5.41, 5.74) is 1.87. The number of hydrogen-bond donors (Lipinski definition) is 0. The highest BCUT2D eigenvalue weighted by Gasteiger charge is 2.06. The topological polar surface area (TPSA) is 34.1 Å². The van der Waals surface area contributed by atoms with Crippen molar-refractivity contribution in [1.82, 2.24) is 0 Å². The summed E-state index contributed by atoms with van der Waals surface area (Å²) in [6.07, 6.45) is 0.420. The van der Waals surface area contributed by atoms with Gasteiger partial charge in [-0.1, -0.05) is 23.7 Å². The van der Waals surface area contributed by atoms with E-state index in [4.69, 9.17) is 22.3 Å². The Morgan fingerprint density at radius 2 is 2.00 bits per heavy atom. The van der Waals surface area contributed by atoms with Gasteiger partial charge in [0.2, 0.25) is 9.05 Å². The lowest BCUT2D eigenvalue weighted by molar-refractivity contribution is 0.609. The van der Waals surface area contributed by atoms with Crippen molar-refractivity contribution >= 4 is 31.3 Å². The van der Waals surface area contributed by atoms with Gasteiger partial charge < -0.3 is 0 Å². The summed E-state index contributed by atoms with van der Waals surface area (Å²) in [4.78, 5) is 0. The molecule has 14 heavy (non-hydrogen) atoms. The lowest BCUT2D eigenvalue weighted by Crippen LogP contribution is -2.01. The molecule has 0 heterocycles. The molecule has 0 saturated carbocycles. The molecular formula is C9H10Cl2O2S. The van der Waals surface area contributed by atoms with E-state index in [1.54, 1.807) is 12.1 Å². The van der Waals surface area contributed by atoms with Crippen molar-refractivity contribution in [2.45, 2.75) is 13.3 Å². The van der Waals surface area contributed by atoms with Crippen LogP contribution >= 0.6 is 22.3 Å². The van der Waals surface area contributed by atoms with Gasteiger partial charge in [0.25, 0.3) is 0 Å². The molecule has 1 rings (SSSR count). The van der Waals surface area contributed by atoms with E-state index in [1.807, 2.05) is 13.0 Å². The van der Waals surface area contributed by atoms with Gasteiger partial charge in [0.05, 0.1) is 5.75 Å². The Hall–Kier alpha value is -0.250. The summed E-state index contributed by atoms with van der Waals surface area (Å²) in [6, 6.07) is 5.43. The van der Waals surface area contributed by atoms with E-state index >= 15 is 0 Å². The minimum Gasteiger partial charge on any atom is -0.212 e. The molecule has 5 heteroatoms. The van der Waals surface area contributed by atoms with Crippen molar-refractivity contribution in [1.29, 1.82) is 0 Å². The quantitative estimate of drug-likeness (QED) is 0.776. The maximum atomic E-state index is 10.7. The van der Waals surface area contributed by atoms with Crippen LogP contribution in [-0.4, -0.2) is 14.2 Å². The van der Waals surface area contributed by atoms with E-state index in [0.29, 0.717) is 11.4 Å². The standard InChI is InChI=1S/C9H10Cl2O2S/c1-7-6-8(2-3-9(7)10)4-5-14(11,12)13/h2-3,6H,4-5H2,1H3. The van der Waals surface area contributed by atoms with Crippen LogP contribution in [0, 0.1) is 6.92 Å². The molecule has 0 aliphatic carbocycles. The summed E-state index contributed by atoms with van der Waals surface area (Å²) >= 11 is 5.83. The zero-order valence-electron chi connectivity index (χ0n) is 7.63. The van der Waals surface area contributed by atoms with Crippen molar-refractivity contribution in [3.8, 4) is 0 Å². The first-order valence-corrected chi connectivity index (χ1v) is 6.91. The third-order valence-corrected chi connectivity index (χ3v) is 3.44. The Morgan fingerprint density at radius 3 is 2.50 bits per heavy atom. The summed E-state index contributed by atoms with van der Waals surface area (Å²) in [5, 5.41) is 0.683. The van der Waals surface area contributed by atoms with E-state index in [-0.39, 0.29) is 5.75 Å². The maximum Gasteiger partial charge on any atom is 0.232 e. The zero-order chi connectivity index (χ0) is 10.8. The van der Waals surface area contributed by atoms with Gasteiger partial charge in [0.15, 0.2) is 0 Å². The number of halogens is 2. The molecule has 0 radical (unpaired) electrons. The summed E-state index contributed by atoms with van der Waals surface area (Å²) < 4.78 is 21.4. The van der Waals surface area contributed by atoms with Crippen LogP contribution in [0.1, 0.15) is 11.1 Å². The number of hydrogen-bond acceptors (Lipinski definition) is 2. The molecule has 0 aromatic heterocycles. The van der Waals surface area contributed by atoms with Gasteiger partial charge in [-0.2, -0.15) is 0 Å². The van der Waals surface area contributed by atoms with Gasteiger partial charge in [-0.05, 0) is 30.5 Å². The molecule has 0 aliphatic rings. The largest absolute Gasteiger partial charge is 0.232 e. The third-order valence-electron chi connectivity index (χ3n) is 1.86. The van der Waals surface area contributed by atoms with Crippen LogP contribution in [0.25, 0.3) is 0 Å². The fraction of sp³-hybridized carbons (Fsp3) is 0.333. The lowest BCUT2D eigenvalue weighted by atomic mass is 10.1. The fourth-order valence-electron chi connectivity index (χ4n) is 1.10. The predicted molar refractivity (Wildman–Crippen MR) is 59.5 cm³/mol. The summed E-state index contributed by atoms with van der Waals surface area (Å²) in [6.45, 7) is 1.88. The van der Waals surface area contributed by atoms with Crippen molar-refractivity contribution in [2.75, 3.05) is 5.75 Å². The Bertz CT molecular complexity index is 426. The molecule has 1 aromatic rings. The molecule has 78 valence electrons. The maximum absolute atomic E-state index is 10.7. The van der Waals surface area contributed by atoms with Gasteiger partial charge in [-0.15, -0.1) is 0 Å². The second-order valence-electron chi connectivity index (χ2n) is 3.08. The van der Waals surface area contributed by atoms with Gasteiger partial charge in [-0.3, -0.25) is 0 Å². The van der Waals surface area contributed by atoms with Crippen LogP contribution in [0.3, 0.4) is 0 Å². The van der Waals surface area contributed by atoms with Gasteiger partial charge in [0, 0.05) is 15.7 Å². The molecule has 0 unspecified atom stereocenters. The van der Waals surface area contributed by atoms with E-state index in [0.717, 1.165) is 11.1 Å². The van der Waals surface area contributed by atoms with Crippen molar-refractivity contribution < 1.29 is 8.42 Å². The van der Waals surface area contributed by atoms with E-state index in [9.17, 15) is 8.42 Å². The molecule has 0 aliphatic heterocycles. The highest BCUT2D eigenvalue weighted by atomic mass is 35.7. The van der Waals surface area contributed by atoms with Crippen molar-refractivity contribution in [2.24, 2.45) is 0 Å². The number of aryl methyl sites for hydroxylation is 2. The minimum atomic E-state index is -3.41. The first-order valence-electron chi connectivity index (χ1n) is 4.06. The second kappa shape index (κ2) is 4.51. The second-order valence-corrected chi connectivity index (χ2v) is 6.38. The molecule has 0 atom stereocenters. The first kappa shape index (κ1) is 11.8. The molecule has 0 saturated heterocycles. The average molecular weight is 253 g/mol. The van der Waals surface area contributed by atoms with E-state index < -0.39 is 9.05 Å². The molecule has 0 spiro atoms. The van der Waals surface area contributed by atoms with E-state index in [2.05, 4.69) is 0 Å². The average Bonchev–Trinajstić information content (AvgIpc) is 2.06. The predicted octanol–water partition coefficient (Wildman–Crippen LogP) is 2.76. The number of benzene rings is 1. The van der Waals surface area contributed by atoms with E-state index in [1.165, 1.54) is 0 Å². The fourth-order valence-corrected chi connectivity index (χ4v) is 1.93. The Kier molecular flexibility index (Phi) is 3.81. The minimum absolute atomic E-state index is 0.0460. The number of rotatable bonds is 3. The monoisotopic (exact) mass is 252 g/mol. The molecule has 0 fully saturated rings. The SMILES string of the molecule is Cc1cc(CCS(=O)(=O)Cl)ccc1Cl. The van der Waals surface area contributed by atoms with Gasteiger partial charge in [-0.25, -0.2) is 8.42 Å². The third kappa shape index (κ3) is 3.86. The Labute approximate surface area is 93.3 Å². The van der Waals surface area contributed by atoms with Crippen molar-refractivity contribution in [3.05, 3.63) is 34.3 Å². The molecule has 0 bridgehead atoms. The van der Waals surface area contributed by atoms with Crippen LogP contribution in [0.4, 0.5) is 0 Å². The van der Waals surface area contributed by atoms with Gasteiger partial charge in [0.1, 0.15) is 0 Å². The Balaban J connectivity index is 2.74. The Morgan fingerprint density at radius 1 is 1.36 bits per heavy atom. The van der Waals surface area contributed by atoms with Crippen LogP contribution < -0.4 is 0 Å². The zero-order valence-corrected chi connectivity index (χ0v) is 9.96. The highest BCUT2D eigenvalue weighted by molar-refractivity contribution is 8.13.